The van der Waals surface area contributed by atoms with Crippen LogP contribution in [0, 0.1) is 0 Å². The summed E-state index contributed by atoms with van der Waals surface area (Å²) < 4.78 is 38.2. The van der Waals surface area contributed by atoms with Crippen LogP contribution in [0.2, 0.25) is 0 Å². The molecule has 0 radical (unpaired) electrons. The second kappa shape index (κ2) is 9.02. The summed E-state index contributed by atoms with van der Waals surface area (Å²) in [5.41, 5.74) is 2.13. The van der Waals surface area contributed by atoms with E-state index in [1.807, 2.05) is 24.3 Å². The topological polar surface area (TPSA) is 78.5 Å². The van der Waals surface area contributed by atoms with Crippen LogP contribution >= 0.6 is 0 Å². The zero-order valence-corrected chi connectivity index (χ0v) is 16.5. The first-order chi connectivity index (χ1) is 9.99. The fourth-order valence-electron chi connectivity index (χ4n) is 1.82. The van der Waals surface area contributed by atoms with Crippen molar-refractivity contribution in [3.05, 3.63) is 54.1 Å². The van der Waals surface area contributed by atoms with Gasteiger partial charge in [0, 0.05) is 5.69 Å². The van der Waals surface area contributed by atoms with E-state index in [-0.39, 0.29) is 63.0 Å². The zero-order chi connectivity index (χ0) is 15.3. The van der Waals surface area contributed by atoms with E-state index in [9.17, 15) is 13.0 Å². The molecule has 22 heavy (non-hydrogen) atoms. The number of nitrogens with one attached hydrogen (secondary N) is 1. The fourth-order valence-corrected chi connectivity index (χ4v) is 2.33. The van der Waals surface area contributed by atoms with Gasteiger partial charge in [0.15, 0.2) is 6.73 Å². The first kappa shape index (κ1) is 19.6. The molecule has 2 rings (SSSR count). The van der Waals surface area contributed by atoms with E-state index in [2.05, 4.69) is 12.2 Å². The summed E-state index contributed by atoms with van der Waals surface area (Å²) in [5.74, 6) is 0.325. The number of rotatable bonds is 6. The fraction of sp³-hybridized carbons (Fsp3) is 0.200. The van der Waals surface area contributed by atoms with Gasteiger partial charge in [-0.05, 0) is 42.3 Å². The van der Waals surface area contributed by atoms with Crippen molar-refractivity contribution in [2.24, 2.45) is 0 Å². The van der Waals surface area contributed by atoms with Crippen molar-refractivity contribution in [3.8, 4) is 5.75 Å². The number of hydrogen-bond acceptors (Lipinski definition) is 5. The Kier molecular flexibility index (Phi) is 8.05. The number of anilines is 1. The van der Waals surface area contributed by atoms with Crippen LogP contribution in [0.3, 0.4) is 0 Å². The van der Waals surface area contributed by atoms with Crippen LogP contribution in [0.15, 0.2) is 53.4 Å². The van der Waals surface area contributed by atoms with Crippen LogP contribution in [0.1, 0.15) is 12.5 Å². The van der Waals surface area contributed by atoms with Crippen LogP contribution < -0.4 is 61.4 Å². The Labute approximate surface area is 173 Å². The van der Waals surface area contributed by atoms with Crippen molar-refractivity contribution >= 4 is 15.8 Å². The minimum absolute atomic E-state index is 0. The first-order valence-corrected chi connectivity index (χ1v) is 7.91. The van der Waals surface area contributed by atoms with E-state index in [1.54, 1.807) is 6.07 Å². The van der Waals surface area contributed by atoms with Gasteiger partial charge < -0.3 is 14.6 Å². The van der Waals surface area contributed by atoms with Gasteiger partial charge >= 0.3 is 51.4 Å². The average molecular weight is 345 g/mol. The minimum Gasteiger partial charge on any atom is -0.744 e. The molecule has 0 unspecified atom stereocenters. The Bertz CT molecular complexity index is 719. The van der Waals surface area contributed by atoms with E-state index in [1.165, 1.54) is 23.8 Å². The molecule has 1 N–H and O–H groups in total. The largest absolute Gasteiger partial charge is 1.00 e. The Morgan fingerprint density at radius 3 is 2.55 bits per heavy atom. The molecule has 0 atom stereocenters. The average Bonchev–Trinajstić information content (AvgIpc) is 2.47. The third-order valence-corrected chi connectivity index (χ3v) is 3.78. The van der Waals surface area contributed by atoms with Gasteiger partial charge in [-0.1, -0.05) is 25.1 Å². The molecule has 0 aliphatic heterocycles. The Balaban J connectivity index is 0.00000242. The summed E-state index contributed by atoms with van der Waals surface area (Å²) in [6.07, 6.45) is 0.944. The molecule has 2 aromatic carbocycles. The van der Waals surface area contributed by atoms with Gasteiger partial charge in [0.25, 0.3) is 0 Å². The van der Waals surface area contributed by atoms with Crippen LogP contribution in [0.25, 0.3) is 0 Å². The second-order valence-electron chi connectivity index (χ2n) is 4.45. The van der Waals surface area contributed by atoms with Gasteiger partial charge in [0.1, 0.15) is 15.9 Å². The zero-order valence-electron chi connectivity index (χ0n) is 12.6. The van der Waals surface area contributed by atoms with Crippen LogP contribution in [0.4, 0.5) is 5.69 Å². The minimum atomic E-state index is -4.46. The molecular weight excluding hydrogens is 329 g/mol. The number of ether oxygens (including phenoxy) is 1. The summed E-state index contributed by atoms with van der Waals surface area (Å²) in [4.78, 5) is -0.298. The first-order valence-electron chi connectivity index (χ1n) is 6.50. The summed E-state index contributed by atoms with van der Waals surface area (Å²) >= 11 is 0. The maximum atomic E-state index is 10.9. The van der Waals surface area contributed by atoms with Crippen molar-refractivity contribution in [3.63, 3.8) is 0 Å². The molecule has 0 aromatic heterocycles. The molecule has 0 amide bonds. The van der Waals surface area contributed by atoms with Gasteiger partial charge in [0.2, 0.25) is 0 Å². The molecular formula is C15H16KNO4S. The summed E-state index contributed by atoms with van der Waals surface area (Å²) in [7, 11) is -4.46. The Morgan fingerprint density at radius 1 is 1.14 bits per heavy atom. The van der Waals surface area contributed by atoms with Gasteiger partial charge in [-0.15, -0.1) is 0 Å². The molecule has 5 nitrogen and oxygen atoms in total. The molecule has 112 valence electrons. The summed E-state index contributed by atoms with van der Waals surface area (Å²) in [5, 5.41) is 3.08. The van der Waals surface area contributed by atoms with Gasteiger partial charge in [-0.3, -0.25) is 0 Å². The van der Waals surface area contributed by atoms with E-state index < -0.39 is 10.1 Å². The molecule has 0 spiro atoms. The molecule has 0 bridgehead atoms. The van der Waals surface area contributed by atoms with E-state index in [4.69, 9.17) is 4.74 Å². The maximum absolute atomic E-state index is 10.9. The predicted octanol–water partition coefficient (Wildman–Crippen LogP) is -0.394. The molecule has 0 aliphatic carbocycles. The van der Waals surface area contributed by atoms with Crippen molar-refractivity contribution < 1.29 is 69.1 Å². The van der Waals surface area contributed by atoms with Crippen LogP contribution in [-0.4, -0.2) is 19.7 Å². The molecule has 0 heterocycles. The van der Waals surface area contributed by atoms with Gasteiger partial charge in [-0.25, -0.2) is 8.42 Å². The quantitative estimate of drug-likeness (QED) is 0.438. The molecule has 0 fully saturated rings. The molecule has 0 saturated carbocycles. The monoisotopic (exact) mass is 345 g/mol. The Hall–Kier alpha value is -0.414. The van der Waals surface area contributed by atoms with E-state index in [0.29, 0.717) is 5.75 Å². The number of aryl methyl sites for hydroxylation is 1. The van der Waals surface area contributed by atoms with Crippen LogP contribution in [-0.2, 0) is 16.5 Å². The van der Waals surface area contributed by atoms with Crippen molar-refractivity contribution in [1.82, 2.24) is 0 Å². The second-order valence-corrected chi connectivity index (χ2v) is 5.83. The molecule has 2 aromatic rings. The molecule has 7 heteroatoms. The predicted molar refractivity (Wildman–Crippen MR) is 79.3 cm³/mol. The van der Waals surface area contributed by atoms with Crippen molar-refractivity contribution in [2.45, 2.75) is 18.2 Å². The van der Waals surface area contributed by atoms with E-state index >= 15 is 0 Å². The smallest absolute Gasteiger partial charge is 0.744 e. The van der Waals surface area contributed by atoms with Gasteiger partial charge in [-0.2, -0.15) is 0 Å². The summed E-state index contributed by atoms with van der Waals surface area (Å²) in [6.45, 7) is 2.25. The summed E-state index contributed by atoms with van der Waals surface area (Å²) in [6, 6.07) is 13.4. The molecule has 0 saturated heterocycles. The number of benzene rings is 2. The van der Waals surface area contributed by atoms with Crippen LogP contribution in [0.5, 0.6) is 5.75 Å². The standard InChI is InChI=1S/C15H17NO4S.K/c1-2-12-5-3-6-13(9-12)16-11-20-14-7-4-8-15(10-14)21(17,18)19;/h3-10,16H,2,11H2,1H3,(H,17,18,19);/q;+1/p-1. The number of hydrogen-bond donors (Lipinski definition) is 1. The molecule has 0 aliphatic rings. The van der Waals surface area contributed by atoms with Crippen molar-refractivity contribution in [1.29, 1.82) is 0 Å². The SMILES string of the molecule is CCc1cccc(NCOc2cccc(S(=O)(=O)[O-])c2)c1.[K+]. The van der Waals surface area contributed by atoms with Gasteiger partial charge in [0.05, 0.1) is 4.90 Å². The third kappa shape index (κ3) is 6.00. The van der Waals surface area contributed by atoms with Crippen molar-refractivity contribution in [2.75, 3.05) is 12.0 Å². The normalized spacial score (nSPS) is 10.6. The third-order valence-electron chi connectivity index (χ3n) is 2.94. The Morgan fingerprint density at radius 2 is 1.86 bits per heavy atom. The maximum Gasteiger partial charge on any atom is 1.00 e. The van der Waals surface area contributed by atoms with E-state index in [0.717, 1.165) is 12.1 Å².